The van der Waals surface area contributed by atoms with Crippen LogP contribution in [-0.4, -0.2) is 31.6 Å². The monoisotopic (exact) mass is 282 g/mol. The molecule has 2 atom stereocenters. The molecule has 0 aromatic heterocycles. The van der Waals surface area contributed by atoms with Gasteiger partial charge in [0.2, 0.25) is 0 Å². The largest absolute Gasteiger partial charge is 0.308 e. The lowest BCUT2D eigenvalue weighted by atomic mass is 10.0. The predicted molar refractivity (Wildman–Crippen MR) is 84.8 cm³/mol. The van der Waals surface area contributed by atoms with Crippen LogP contribution in [0.4, 0.5) is 0 Å². The topological polar surface area (TPSA) is 15.3 Å². The molecule has 2 unspecified atom stereocenters. The Morgan fingerprint density at radius 3 is 2.32 bits per heavy atom. The molecule has 19 heavy (non-hydrogen) atoms. The van der Waals surface area contributed by atoms with Crippen molar-refractivity contribution in [1.29, 1.82) is 0 Å². The van der Waals surface area contributed by atoms with Gasteiger partial charge in [0, 0.05) is 23.7 Å². The van der Waals surface area contributed by atoms with E-state index in [0.717, 1.165) is 11.6 Å². The van der Waals surface area contributed by atoms with Gasteiger partial charge in [-0.2, -0.15) is 0 Å². The van der Waals surface area contributed by atoms with Gasteiger partial charge in [0.05, 0.1) is 0 Å². The number of likely N-dealkylation sites (N-methyl/N-ethyl adjacent to an activating group) is 1. The zero-order valence-electron chi connectivity index (χ0n) is 12.8. The van der Waals surface area contributed by atoms with Gasteiger partial charge in [-0.15, -0.1) is 0 Å². The Bertz CT molecular complexity index is 367. The van der Waals surface area contributed by atoms with E-state index in [1.54, 1.807) is 0 Å². The van der Waals surface area contributed by atoms with E-state index in [9.17, 15) is 0 Å². The van der Waals surface area contributed by atoms with Crippen LogP contribution in [-0.2, 0) is 0 Å². The number of halogens is 1. The highest BCUT2D eigenvalue weighted by Crippen LogP contribution is 2.23. The Balaban J connectivity index is 2.70. The first-order valence-electron chi connectivity index (χ1n) is 7.05. The molecule has 0 fully saturated rings. The van der Waals surface area contributed by atoms with Gasteiger partial charge in [0.15, 0.2) is 0 Å². The minimum absolute atomic E-state index is 0.275. The van der Waals surface area contributed by atoms with E-state index in [4.69, 9.17) is 11.6 Å². The molecule has 1 aromatic rings. The molecule has 0 amide bonds. The molecule has 0 heterocycles. The molecular weight excluding hydrogens is 256 g/mol. The molecule has 0 spiro atoms. The molecule has 2 nitrogen and oxygen atoms in total. The van der Waals surface area contributed by atoms with Crippen molar-refractivity contribution in [3.05, 3.63) is 34.9 Å². The summed E-state index contributed by atoms with van der Waals surface area (Å²) < 4.78 is 0. The van der Waals surface area contributed by atoms with Crippen LogP contribution in [0.3, 0.4) is 0 Å². The van der Waals surface area contributed by atoms with Gasteiger partial charge in [-0.3, -0.25) is 0 Å². The maximum absolute atomic E-state index is 6.26. The molecule has 3 heteroatoms. The molecule has 0 bridgehead atoms. The normalized spacial score (nSPS) is 14.9. The van der Waals surface area contributed by atoms with Crippen LogP contribution < -0.4 is 5.32 Å². The van der Waals surface area contributed by atoms with Gasteiger partial charge in [-0.1, -0.05) is 43.6 Å². The highest BCUT2D eigenvalue weighted by molar-refractivity contribution is 6.31. The number of benzene rings is 1. The Morgan fingerprint density at radius 2 is 1.79 bits per heavy atom. The molecule has 0 aliphatic rings. The van der Waals surface area contributed by atoms with Crippen molar-refractivity contribution in [3.8, 4) is 0 Å². The van der Waals surface area contributed by atoms with E-state index >= 15 is 0 Å². The smallest absolute Gasteiger partial charge is 0.0453 e. The molecule has 0 saturated carbocycles. The molecular formula is C16H27ClN2. The maximum atomic E-state index is 6.26. The van der Waals surface area contributed by atoms with Gasteiger partial charge >= 0.3 is 0 Å². The van der Waals surface area contributed by atoms with E-state index in [1.807, 2.05) is 18.2 Å². The van der Waals surface area contributed by atoms with Crippen LogP contribution in [0.5, 0.6) is 0 Å². The van der Waals surface area contributed by atoms with E-state index in [-0.39, 0.29) is 6.04 Å². The molecule has 0 saturated heterocycles. The highest BCUT2D eigenvalue weighted by Gasteiger charge is 2.17. The van der Waals surface area contributed by atoms with Crippen LogP contribution in [0, 0.1) is 5.92 Å². The minimum atomic E-state index is 0.275. The maximum Gasteiger partial charge on any atom is 0.0453 e. The van der Waals surface area contributed by atoms with Crippen molar-refractivity contribution in [2.75, 3.05) is 20.6 Å². The Kier molecular flexibility index (Phi) is 6.84. The third-order valence-electron chi connectivity index (χ3n) is 3.20. The van der Waals surface area contributed by atoms with Crippen molar-refractivity contribution in [2.24, 2.45) is 5.92 Å². The number of nitrogens with one attached hydrogen (secondary N) is 1. The third-order valence-corrected chi connectivity index (χ3v) is 3.54. The van der Waals surface area contributed by atoms with Crippen LogP contribution in [0.15, 0.2) is 24.3 Å². The van der Waals surface area contributed by atoms with Crippen molar-refractivity contribution in [2.45, 2.75) is 39.3 Å². The molecule has 1 N–H and O–H groups in total. The summed E-state index contributed by atoms with van der Waals surface area (Å²) in [7, 11) is 4.24. The fourth-order valence-electron chi connectivity index (χ4n) is 2.47. The number of hydrogen-bond acceptors (Lipinski definition) is 2. The first-order valence-corrected chi connectivity index (χ1v) is 7.43. The Morgan fingerprint density at radius 1 is 1.16 bits per heavy atom. The summed E-state index contributed by atoms with van der Waals surface area (Å²) in [6.45, 7) is 7.77. The Labute approximate surface area is 123 Å². The fraction of sp³-hybridized carbons (Fsp3) is 0.625. The van der Waals surface area contributed by atoms with Gasteiger partial charge in [0.25, 0.3) is 0 Å². The summed E-state index contributed by atoms with van der Waals surface area (Å²) in [5.41, 5.74) is 1.18. The number of rotatable bonds is 7. The van der Waals surface area contributed by atoms with Crippen molar-refractivity contribution in [3.63, 3.8) is 0 Å². The quantitative estimate of drug-likeness (QED) is 0.814. The number of hydrogen-bond donors (Lipinski definition) is 1. The summed E-state index contributed by atoms with van der Waals surface area (Å²) in [6, 6.07) is 8.84. The van der Waals surface area contributed by atoms with Crippen molar-refractivity contribution in [1.82, 2.24) is 10.2 Å². The lowest BCUT2D eigenvalue weighted by Crippen LogP contribution is -2.40. The fourth-order valence-corrected chi connectivity index (χ4v) is 2.77. The van der Waals surface area contributed by atoms with E-state index in [0.29, 0.717) is 12.0 Å². The second kappa shape index (κ2) is 7.88. The van der Waals surface area contributed by atoms with Crippen molar-refractivity contribution >= 4 is 11.6 Å². The second-order valence-electron chi connectivity index (χ2n) is 6.00. The third kappa shape index (κ3) is 5.94. The molecule has 1 aromatic carbocycles. The second-order valence-corrected chi connectivity index (χ2v) is 6.41. The van der Waals surface area contributed by atoms with Crippen molar-refractivity contribution < 1.29 is 0 Å². The van der Waals surface area contributed by atoms with E-state index in [1.165, 1.54) is 12.0 Å². The zero-order valence-corrected chi connectivity index (χ0v) is 13.5. The van der Waals surface area contributed by atoms with E-state index in [2.05, 4.69) is 51.1 Å². The lowest BCUT2D eigenvalue weighted by Gasteiger charge is -2.28. The first kappa shape index (κ1) is 16.5. The SMILES string of the molecule is CC(C)CC(CN(C)C)NC(C)c1ccccc1Cl. The molecule has 0 aliphatic carbocycles. The van der Waals surface area contributed by atoms with Crippen LogP contribution in [0.25, 0.3) is 0 Å². The highest BCUT2D eigenvalue weighted by atomic mass is 35.5. The van der Waals surface area contributed by atoms with Gasteiger partial charge in [-0.25, -0.2) is 0 Å². The van der Waals surface area contributed by atoms with Crippen LogP contribution >= 0.6 is 11.6 Å². The summed E-state index contributed by atoms with van der Waals surface area (Å²) in [5.74, 6) is 0.691. The number of nitrogens with zero attached hydrogens (tertiary/aromatic N) is 1. The predicted octanol–water partition coefficient (Wildman–Crippen LogP) is 3.97. The van der Waals surface area contributed by atoms with Crippen LogP contribution in [0.1, 0.15) is 38.8 Å². The lowest BCUT2D eigenvalue weighted by molar-refractivity contribution is 0.291. The summed E-state index contributed by atoms with van der Waals surface area (Å²) in [5, 5.41) is 4.55. The van der Waals surface area contributed by atoms with Crippen LogP contribution in [0.2, 0.25) is 5.02 Å². The molecule has 1 rings (SSSR count). The molecule has 0 aliphatic heterocycles. The minimum Gasteiger partial charge on any atom is -0.308 e. The molecule has 0 radical (unpaired) electrons. The summed E-state index contributed by atoms with van der Waals surface area (Å²) in [6.07, 6.45) is 1.17. The van der Waals surface area contributed by atoms with Gasteiger partial charge in [-0.05, 0) is 45.0 Å². The summed E-state index contributed by atoms with van der Waals surface area (Å²) >= 11 is 6.26. The standard InChI is InChI=1S/C16H27ClN2/c1-12(2)10-14(11-19(4)5)18-13(3)15-8-6-7-9-16(15)17/h6-9,12-14,18H,10-11H2,1-5H3. The molecule has 108 valence electrons. The van der Waals surface area contributed by atoms with Gasteiger partial charge < -0.3 is 10.2 Å². The Hall–Kier alpha value is -0.570. The summed E-state index contributed by atoms with van der Waals surface area (Å²) in [4.78, 5) is 2.24. The zero-order chi connectivity index (χ0) is 14.4. The average Bonchev–Trinajstić information content (AvgIpc) is 2.27. The van der Waals surface area contributed by atoms with E-state index < -0.39 is 0 Å². The average molecular weight is 283 g/mol. The first-order chi connectivity index (χ1) is 8.90. The van der Waals surface area contributed by atoms with Gasteiger partial charge in [0.1, 0.15) is 0 Å².